The van der Waals surface area contributed by atoms with Crippen molar-refractivity contribution in [1.82, 2.24) is 4.72 Å². The van der Waals surface area contributed by atoms with Crippen LogP contribution in [0.15, 0.2) is 16.3 Å². The molecule has 7 heteroatoms. The van der Waals surface area contributed by atoms with Crippen molar-refractivity contribution in [3.05, 3.63) is 17.0 Å². The molecule has 0 fully saturated rings. The normalized spacial score (nSPS) is 12.2. The smallest absolute Gasteiger partial charge is 0.250 e. The van der Waals surface area contributed by atoms with E-state index in [-0.39, 0.29) is 16.9 Å². The number of unbranched alkanes of at least 4 members (excludes halogenated alkanes) is 1. The van der Waals surface area contributed by atoms with Crippen LogP contribution in [-0.2, 0) is 21.4 Å². The van der Waals surface area contributed by atoms with Crippen LogP contribution < -0.4 is 4.72 Å². The Morgan fingerprint density at radius 2 is 2.11 bits per heavy atom. The Bertz CT molecular complexity index is 468. The summed E-state index contributed by atoms with van der Waals surface area (Å²) < 4.78 is 31.9. The lowest BCUT2D eigenvalue weighted by atomic mass is 10.3. The summed E-state index contributed by atoms with van der Waals surface area (Å²) >= 11 is 1.09. The van der Waals surface area contributed by atoms with Crippen molar-refractivity contribution in [3.8, 4) is 0 Å². The Balaban J connectivity index is 2.31. The van der Waals surface area contributed by atoms with Gasteiger partial charge in [0.2, 0.25) is 10.0 Å². The first kappa shape index (κ1) is 16.6. The average Bonchev–Trinajstić information content (AvgIpc) is 2.82. The summed E-state index contributed by atoms with van der Waals surface area (Å²) in [6.45, 7) is 4.85. The van der Waals surface area contributed by atoms with Gasteiger partial charge in [0.15, 0.2) is 0 Å². The molecule has 0 aliphatic heterocycles. The fourth-order valence-corrected chi connectivity index (χ4v) is 3.75. The molecule has 0 aliphatic carbocycles. The molecule has 0 amide bonds. The quantitative estimate of drug-likeness (QED) is 0.681. The second-order valence-electron chi connectivity index (χ2n) is 4.40. The predicted octanol–water partition coefficient (Wildman–Crippen LogP) is 1.72. The van der Waals surface area contributed by atoms with Gasteiger partial charge in [0, 0.05) is 18.0 Å². The maximum absolute atomic E-state index is 11.9. The van der Waals surface area contributed by atoms with Gasteiger partial charge in [-0.2, -0.15) is 0 Å². The van der Waals surface area contributed by atoms with E-state index in [9.17, 15) is 8.42 Å². The lowest BCUT2D eigenvalue weighted by Crippen LogP contribution is -2.24. The molecular formula is C12H21NO4S2. The Hall–Kier alpha value is -0.470. The number of hydrogen-bond acceptors (Lipinski definition) is 5. The van der Waals surface area contributed by atoms with E-state index >= 15 is 0 Å². The topological polar surface area (TPSA) is 75.6 Å². The van der Waals surface area contributed by atoms with Gasteiger partial charge in [-0.25, -0.2) is 13.1 Å². The molecule has 1 heterocycles. The van der Waals surface area contributed by atoms with Crippen LogP contribution in [-0.4, -0.2) is 32.8 Å². The third-order valence-electron chi connectivity index (χ3n) is 2.37. The van der Waals surface area contributed by atoms with E-state index < -0.39 is 10.0 Å². The van der Waals surface area contributed by atoms with Gasteiger partial charge in [0.1, 0.15) is 4.21 Å². The van der Waals surface area contributed by atoms with Crippen molar-refractivity contribution in [2.45, 2.75) is 43.6 Å². The van der Waals surface area contributed by atoms with Gasteiger partial charge in [0.05, 0.1) is 12.7 Å². The molecule has 0 saturated heterocycles. The molecule has 0 atom stereocenters. The molecule has 5 nitrogen and oxygen atoms in total. The third kappa shape index (κ3) is 6.01. The van der Waals surface area contributed by atoms with E-state index in [1.165, 1.54) is 6.07 Å². The van der Waals surface area contributed by atoms with Gasteiger partial charge in [-0.05, 0) is 38.8 Å². The van der Waals surface area contributed by atoms with Crippen LogP contribution in [0.4, 0.5) is 0 Å². The molecule has 19 heavy (non-hydrogen) atoms. The Kier molecular flexibility index (Phi) is 6.95. The third-order valence-corrected chi connectivity index (χ3v) is 5.39. The number of aliphatic hydroxyl groups excluding tert-OH is 1. The highest BCUT2D eigenvalue weighted by molar-refractivity contribution is 7.91. The van der Waals surface area contributed by atoms with Crippen LogP contribution in [0.3, 0.4) is 0 Å². The van der Waals surface area contributed by atoms with Crippen molar-refractivity contribution >= 4 is 21.4 Å². The highest BCUT2D eigenvalue weighted by atomic mass is 32.2. The summed E-state index contributed by atoms with van der Waals surface area (Å²) in [5, 5.41) is 8.92. The van der Waals surface area contributed by atoms with Gasteiger partial charge in [0.25, 0.3) is 0 Å². The van der Waals surface area contributed by atoms with E-state index in [1.807, 2.05) is 13.8 Å². The van der Waals surface area contributed by atoms with Crippen LogP contribution >= 0.6 is 11.3 Å². The summed E-state index contributed by atoms with van der Waals surface area (Å²) in [6.07, 6.45) is 1.77. The summed E-state index contributed by atoms with van der Waals surface area (Å²) in [5.41, 5.74) is 0. The minimum atomic E-state index is -3.44. The lowest BCUT2D eigenvalue weighted by Gasteiger charge is -2.07. The monoisotopic (exact) mass is 307 g/mol. The number of nitrogens with one attached hydrogen (secondary N) is 1. The number of ether oxygens (including phenoxy) is 1. The van der Waals surface area contributed by atoms with Crippen LogP contribution in [0, 0.1) is 0 Å². The zero-order valence-corrected chi connectivity index (χ0v) is 12.9. The molecule has 1 aromatic rings. The standard InChI is InChI=1S/C12H21NO4S2/c1-10(2)17-8-4-3-7-13-19(15,16)12-6-5-11(9-14)18-12/h5-6,10,13-14H,3-4,7-9H2,1-2H3. The average molecular weight is 307 g/mol. The van der Waals surface area contributed by atoms with Gasteiger partial charge >= 0.3 is 0 Å². The van der Waals surface area contributed by atoms with Gasteiger partial charge in [-0.3, -0.25) is 0 Å². The second kappa shape index (κ2) is 7.96. The highest BCUT2D eigenvalue weighted by Gasteiger charge is 2.15. The summed E-state index contributed by atoms with van der Waals surface area (Å²) in [6, 6.07) is 3.14. The van der Waals surface area contributed by atoms with Crippen molar-refractivity contribution < 1.29 is 18.3 Å². The van der Waals surface area contributed by atoms with Crippen LogP contribution in [0.25, 0.3) is 0 Å². The second-order valence-corrected chi connectivity index (χ2v) is 7.57. The molecule has 0 radical (unpaired) electrons. The molecule has 0 bridgehead atoms. The minimum absolute atomic E-state index is 0.132. The van der Waals surface area contributed by atoms with E-state index in [1.54, 1.807) is 6.07 Å². The Morgan fingerprint density at radius 3 is 2.68 bits per heavy atom. The molecule has 1 aromatic heterocycles. The first-order valence-electron chi connectivity index (χ1n) is 6.26. The fourth-order valence-electron chi connectivity index (χ4n) is 1.41. The Morgan fingerprint density at radius 1 is 1.37 bits per heavy atom. The van der Waals surface area contributed by atoms with Crippen molar-refractivity contribution in [2.24, 2.45) is 0 Å². The summed E-state index contributed by atoms with van der Waals surface area (Å²) in [4.78, 5) is 0.644. The Labute approximate surface area is 118 Å². The van der Waals surface area contributed by atoms with E-state index in [2.05, 4.69) is 4.72 Å². The molecule has 2 N–H and O–H groups in total. The maximum atomic E-state index is 11.9. The molecular weight excluding hydrogens is 286 g/mol. The predicted molar refractivity (Wildman–Crippen MR) is 75.8 cm³/mol. The van der Waals surface area contributed by atoms with Crippen molar-refractivity contribution in [3.63, 3.8) is 0 Å². The largest absolute Gasteiger partial charge is 0.391 e. The van der Waals surface area contributed by atoms with Crippen molar-refractivity contribution in [2.75, 3.05) is 13.2 Å². The van der Waals surface area contributed by atoms with Gasteiger partial charge < -0.3 is 9.84 Å². The number of hydrogen-bond donors (Lipinski definition) is 2. The van der Waals surface area contributed by atoms with Crippen molar-refractivity contribution in [1.29, 1.82) is 0 Å². The van der Waals surface area contributed by atoms with Crippen LogP contribution in [0.5, 0.6) is 0 Å². The molecule has 110 valence electrons. The van der Waals surface area contributed by atoms with E-state index in [4.69, 9.17) is 9.84 Å². The van der Waals surface area contributed by atoms with E-state index in [0.29, 0.717) is 18.0 Å². The first-order valence-corrected chi connectivity index (χ1v) is 8.56. The van der Waals surface area contributed by atoms with Crippen LogP contribution in [0.2, 0.25) is 0 Å². The SMILES string of the molecule is CC(C)OCCCCNS(=O)(=O)c1ccc(CO)s1. The van der Waals surface area contributed by atoms with Gasteiger partial charge in [-0.1, -0.05) is 0 Å². The number of thiophene rings is 1. The number of rotatable bonds is 9. The minimum Gasteiger partial charge on any atom is -0.391 e. The molecule has 0 spiro atoms. The lowest BCUT2D eigenvalue weighted by molar-refractivity contribution is 0.0762. The molecule has 0 unspecified atom stereocenters. The fraction of sp³-hybridized carbons (Fsp3) is 0.667. The van der Waals surface area contributed by atoms with Crippen LogP contribution in [0.1, 0.15) is 31.6 Å². The van der Waals surface area contributed by atoms with Gasteiger partial charge in [-0.15, -0.1) is 11.3 Å². The first-order chi connectivity index (χ1) is 8.95. The zero-order chi connectivity index (χ0) is 14.3. The zero-order valence-electron chi connectivity index (χ0n) is 11.3. The number of sulfonamides is 1. The maximum Gasteiger partial charge on any atom is 0.250 e. The summed E-state index contributed by atoms with van der Waals surface area (Å²) in [5.74, 6) is 0. The molecule has 0 aromatic carbocycles. The molecule has 0 saturated carbocycles. The summed E-state index contributed by atoms with van der Waals surface area (Å²) in [7, 11) is -3.44. The highest BCUT2D eigenvalue weighted by Crippen LogP contribution is 2.21. The van der Waals surface area contributed by atoms with E-state index in [0.717, 1.165) is 24.2 Å². The molecule has 0 aliphatic rings. The molecule has 1 rings (SSSR count). The number of aliphatic hydroxyl groups is 1.